The average Bonchev–Trinajstić information content (AvgIpc) is 2.94. The molecule has 0 bridgehead atoms. The molecule has 114 valence electrons. The summed E-state index contributed by atoms with van der Waals surface area (Å²) in [5.74, 6) is 1.11. The molecule has 2 aromatic rings. The van der Waals surface area contributed by atoms with Gasteiger partial charge in [0.15, 0.2) is 11.5 Å². The normalized spacial score (nSPS) is 13.0. The number of fused-ring (bicyclic) bond motifs is 1. The van der Waals surface area contributed by atoms with E-state index in [9.17, 15) is 4.79 Å². The molecule has 3 rings (SSSR count). The van der Waals surface area contributed by atoms with E-state index in [2.05, 4.69) is 26.1 Å². The maximum atomic E-state index is 12.3. The number of hydrogen-bond acceptors (Lipinski definition) is 3. The van der Waals surface area contributed by atoms with E-state index in [1.807, 2.05) is 24.3 Å². The fourth-order valence-electron chi connectivity index (χ4n) is 2.29. The second kappa shape index (κ2) is 5.37. The Morgan fingerprint density at radius 3 is 2.36 bits per heavy atom. The third-order valence-corrected chi connectivity index (χ3v) is 3.64. The van der Waals surface area contributed by atoms with Gasteiger partial charge in [0.05, 0.1) is 0 Å². The first-order valence-corrected chi connectivity index (χ1v) is 7.25. The van der Waals surface area contributed by atoms with Crippen LogP contribution in [-0.2, 0) is 5.41 Å². The monoisotopic (exact) mass is 297 g/mol. The van der Waals surface area contributed by atoms with E-state index in [0.29, 0.717) is 17.1 Å². The van der Waals surface area contributed by atoms with Gasteiger partial charge in [0.2, 0.25) is 6.79 Å². The van der Waals surface area contributed by atoms with E-state index in [0.717, 1.165) is 5.69 Å². The smallest absolute Gasteiger partial charge is 0.255 e. The van der Waals surface area contributed by atoms with E-state index in [-0.39, 0.29) is 18.1 Å². The number of benzene rings is 2. The van der Waals surface area contributed by atoms with Crippen molar-refractivity contribution in [3.8, 4) is 11.5 Å². The zero-order valence-electron chi connectivity index (χ0n) is 13.0. The lowest BCUT2D eigenvalue weighted by atomic mass is 9.87. The topological polar surface area (TPSA) is 47.6 Å². The Morgan fingerprint density at radius 2 is 1.68 bits per heavy atom. The summed E-state index contributed by atoms with van der Waals surface area (Å²) in [6.07, 6.45) is 0. The quantitative estimate of drug-likeness (QED) is 0.912. The first-order valence-electron chi connectivity index (χ1n) is 7.25. The number of rotatable bonds is 2. The zero-order valence-corrected chi connectivity index (χ0v) is 13.0. The predicted octanol–water partition coefficient (Wildman–Crippen LogP) is 3.97. The van der Waals surface area contributed by atoms with Crippen LogP contribution in [0.1, 0.15) is 36.7 Å². The van der Waals surface area contributed by atoms with E-state index < -0.39 is 0 Å². The lowest BCUT2D eigenvalue weighted by molar-refractivity contribution is 0.102. The Balaban J connectivity index is 1.74. The van der Waals surface area contributed by atoms with Crippen molar-refractivity contribution < 1.29 is 14.3 Å². The summed E-state index contributed by atoms with van der Waals surface area (Å²) in [5.41, 5.74) is 2.65. The van der Waals surface area contributed by atoms with Gasteiger partial charge in [-0.3, -0.25) is 4.79 Å². The Morgan fingerprint density at radius 1 is 1.00 bits per heavy atom. The van der Waals surface area contributed by atoms with Crippen molar-refractivity contribution in [3.05, 3.63) is 53.6 Å². The van der Waals surface area contributed by atoms with Crippen LogP contribution in [0.25, 0.3) is 0 Å². The maximum absolute atomic E-state index is 12.3. The second-order valence-corrected chi connectivity index (χ2v) is 6.35. The molecule has 0 saturated carbocycles. The molecule has 1 aliphatic heterocycles. The van der Waals surface area contributed by atoms with Crippen LogP contribution in [0.4, 0.5) is 5.69 Å². The predicted molar refractivity (Wildman–Crippen MR) is 85.7 cm³/mol. The minimum Gasteiger partial charge on any atom is -0.454 e. The summed E-state index contributed by atoms with van der Waals surface area (Å²) in [7, 11) is 0. The second-order valence-electron chi connectivity index (χ2n) is 6.35. The Hall–Kier alpha value is -2.49. The zero-order chi connectivity index (χ0) is 15.7. The largest absolute Gasteiger partial charge is 0.454 e. The highest BCUT2D eigenvalue weighted by Crippen LogP contribution is 2.32. The number of amides is 1. The Labute approximate surface area is 130 Å². The molecule has 22 heavy (non-hydrogen) atoms. The minimum atomic E-state index is -0.165. The van der Waals surface area contributed by atoms with E-state index in [1.165, 1.54) is 5.56 Å². The molecule has 0 aromatic heterocycles. The summed E-state index contributed by atoms with van der Waals surface area (Å²) >= 11 is 0. The number of hydrogen-bond donors (Lipinski definition) is 1. The highest BCUT2D eigenvalue weighted by atomic mass is 16.7. The first-order chi connectivity index (χ1) is 10.4. The molecule has 0 aliphatic carbocycles. The molecule has 1 heterocycles. The summed E-state index contributed by atoms with van der Waals surface area (Å²) in [4.78, 5) is 12.3. The van der Waals surface area contributed by atoms with Gasteiger partial charge < -0.3 is 14.8 Å². The van der Waals surface area contributed by atoms with Gasteiger partial charge in [0.1, 0.15) is 0 Å². The van der Waals surface area contributed by atoms with Gasteiger partial charge in [-0.1, -0.05) is 32.9 Å². The van der Waals surface area contributed by atoms with Crippen LogP contribution in [0.15, 0.2) is 42.5 Å². The van der Waals surface area contributed by atoms with Crippen molar-refractivity contribution >= 4 is 11.6 Å². The molecule has 0 unspecified atom stereocenters. The molecule has 1 aliphatic rings. The van der Waals surface area contributed by atoms with Gasteiger partial charge in [-0.15, -0.1) is 0 Å². The van der Waals surface area contributed by atoms with Gasteiger partial charge in [-0.05, 0) is 41.3 Å². The van der Waals surface area contributed by atoms with E-state index in [1.54, 1.807) is 18.2 Å². The fraction of sp³-hybridized carbons (Fsp3) is 0.278. The highest BCUT2D eigenvalue weighted by Gasteiger charge is 2.17. The van der Waals surface area contributed by atoms with Crippen LogP contribution >= 0.6 is 0 Å². The van der Waals surface area contributed by atoms with E-state index in [4.69, 9.17) is 9.47 Å². The Kier molecular flexibility index (Phi) is 3.53. The molecule has 0 saturated heterocycles. The number of carbonyl (C=O) groups excluding carboxylic acids is 1. The lowest BCUT2D eigenvalue weighted by Crippen LogP contribution is -2.13. The summed E-state index contributed by atoms with van der Waals surface area (Å²) in [6, 6.07) is 13.1. The van der Waals surface area contributed by atoms with Crippen molar-refractivity contribution in [1.29, 1.82) is 0 Å². The molecule has 4 nitrogen and oxygen atoms in total. The van der Waals surface area contributed by atoms with Crippen molar-refractivity contribution in [2.75, 3.05) is 12.1 Å². The number of anilines is 1. The average molecular weight is 297 g/mol. The standard InChI is InChI=1S/C18H19NO3/c1-18(2,3)13-5-7-14(8-6-13)19-17(20)12-4-9-15-16(10-12)22-11-21-15/h4-10H,11H2,1-3H3,(H,19,20). The summed E-state index contributed by atoms with van der Waals surface area (Å²) in [6.45, 7) is 6.68. The molecule has 0 atom stereocenters. The van der Waals surface area contributed by atoms with Crippen LogP contribution in [0.5, 0.6) is 11.5 Å². The van der Waals surface area contributed by atoms with Gasteiger partial charge in [-0.2, -0.15) is 0 Å². The van der Waals surface area contributed by atoms with E-state index >= 15 is 0 Å². The summed E-state index contributed by atoms with van der Waals surface area (Å²) < 4.78 is 10.5. The maximum Gasteiger partial charge on any atom is 0.255 e. The van der Waals surface area contributed by atoms with Gasteiger partial charge in [0.25, 0.3) is 5.91 Å². The molecular weight excluding hydrogens is 278 g/mol. The van der Waals surface area contributed by atoms with Gasteiger partial charge in [0, 0.05) is 11.3 Å². The third-order valence-electron chi connectivity index (χ3n) is 3.64. The minimum absolute atomic E-state index is 0.0971. The van der Waals surface area contributed by atoms with Crippen LogP contribution in [0.3, 0.4) is 0 Å². The Bertz CT molecular complexity index is 699. The molecule has 0 fully saturated rings. The first kappa shape index (κ1) is 14.4. The molecule has 2 aromatic carbocycles. The van der Waals surface area contributed by atoms with Gasteiger partial charge >= 0.3 is 0 Å². The fourth-order valence-corrected chi connectivity index (χ4v) is 2.29. The summed E-state index contributed by atoms with van der Waals surface area (Å²) in [5, 5.41) is 2.89. The molecule has 0 radical (unpaired) electrons. The molecular formula is C18H19NO3. The third kappa shape index (κ3) is 2.91. The van der Waals surface area contributed by atoms with Crippen molar-refractivity contribution in [2.24, 2.45) is 0 Å². The van der Waals surface area contributed by atoms with Crippen LogP contribution < -0.4 is 14.8 Å². The lowest BCUT2D eigenvalue weighted by Gasteiger charge is -2.19. The molecule has 1 amide bonds. The van der Waals surface area contributed by atoms with Gasteiger partial charge in [-0.25, -0.2) is 0 Å². The molecule has 4 heteroatoms. The number of carbonyl (C=O) groups is 1. The SMILES string of the molecule is CC(C)(C)c1ccc(NC(=O)c2ccc3c(c2)OCO3)cc1. The number of nitrogens with one attached hydrogen (secondary N) is 1. The van der Waals surface area contributed by atoms with Crippen LogP contribution in [0.2, 0.25) is 0 Å². The number of ether oxygens (including phenoxy) is 2. The molecule has 0 spiro atoms. The van der Waals surface area contributed by atoms with Crippen LogP contribution in [0, 0.1) is 0 Å². The molecule has 1 N–H and O–H groups in total. The highest BCUT2D eigenvalue weighted by molar-refractivity contribution is 6.04. The van der Waals surface area contributed by atoms with Crippen LogP contribution in [-0.4, -0.2) is 12.7 Å². The van der Waals surface area contributed by atoms with Crippen molar-refractivity contribution in [2.45, 2.75) is 26.2 Å². The van der Waals surface area contributed by atoms with Crippen molar-refractivity contribution in [1.82, 2.24) is 0 Å². The van der Waals surface area contributed by atoms with Crippen molar-refractivity contribution in [3.63, 3.8) is 0 Å².